The number of hydrogen-bond donors (Lipinski definition) is 2. The smallest absolute Gasteiger partial charge is 0.254 e. The molecule has 5 heteroatoms. The third kappa shape index (κ3) is 3.17. The van der Waals surface area contributed by atoms with Gasteiger partial charge >= 0.3 is 0 Å². The van der Waals surface area contributed by atoms with Crippen LogP contribution in [0.25, 0.3) is 11.4 Å². The molecule has 0 saturated heterocycles. The van der Waals surface area contributed by atoms with Gasteiger partial charge in [0.25, 0.3) is 5.91 Å². The number of methoxy groups -OCH3 is 1. The number of H-pyrrole nitrogens is 1. The highest BCUT2D eigenvalue weighted by Crippen LogP contribution is 2.28. The Labute approximate surface area is 122 Å². The topological polar surface area (TPSA) is 67.0 Å². The number of amides is 1. The molecule has 0 unspecified atom stereocenters. The van der Waals surface area contributed by atoms with Gasteiger partial charge in [0, 0.05) is 27.9 Å². The highest BCUT2D eigenvalue weighted by Gasteiger charge is 2.15. The number of carbonyl (C=O) groups is 1. The molecule has 5 nitrogen and oxygen atoms in total. The van der Waals surface area contributed by atoms with Crippen molar-refractivity contribution in [1.82, 2.24) is 15.3 Å². The fraction of sp³-hybridized carbons (Fsp3) is 0.333. The quantitative estimate of drug-likeness (QED) is 0.906. The van der Waals surface area contributed by atoms with Gasteiger partial charge in [-0.25, -0.2) is 4.98 Å². The Bertz CT molecular complexity index is 572. The maximum atomic E-state index is 11.8. The summed E-state index contributed by atoms with van der Waals surface area (Å²) in [5.74, 6) is 1.11. The van der Waals surface area contributed by atoms with Crippen molar-refractivity contribution in [1.29, 1.82) is 0 Å². The van der Waals surface area contributed by atoms with Crippen molar-refractivity contribution in [2.75, 3.05) is 14.2 Å². The molecule has 1 aromatic heterocycles. The normalized spacial score (nSPS) is 9.45. The summed E-state index contributed by atoms with van der Waals surface area (Å²) < 4.78 is 5.23. The number of benzene rings is 1. The van der Waals surface area contributed by atoms with E-state index >= 15 is 0 Å². The van der Waals surface area contributed by atoms with E-state index in [1.807, 2.05) is 26.8 Å². The van der Waals surface area contributed by atoms with Crippen LogP contribution >= 0.6 is 0 Å². The lowest BCUT2D eigenvalue weighted by molar-refractivity contribution is 0.0960. The standard InChI is InChI=1S/C13H15N3O2.C2H6.2H2/c1-8-6-11(18-3)10(13(17)14-2)7-9(8)12-15-4-5-16-12;1-2;;/h4-7H,1-3H3,(H,14,17)(H,15,16);1-2H3;2*1H. The summed E-state index contributed by atoms with van der Waals surface area (Å²) in [6.45, 7) is 5.95. The molecule has 0 aliphatic carbocycles. The number of hydrogen-bond acceptors (Lipinski definition) is 3. The summed E-state index contributed by atoms with van der Waals surface area (Å²) in [5, 5.41) is 2.60. The molecule has 1 aromatic carbocycles. The fourth-order valence-corrected chi connectivity index (χ4v) is 1.83. The fourth-order valence-electron chi connectivity index (χ4n) is 1.83. The summed E-state index contributed by atoms with van der Waals surface area (Å²) in [6.07, 6.45) is 3.43. The Morgan fingerprint density at radius 1 is 1.40 bits per heavy atom. The summed E-state index contributed by atoms with van der Waals surface area (Å²) in [7, 11) is 3.14. The van der Waals surface area contributed by atoms with Crippen molar-refractivity contribution in [2.24, 2.45) is 0 Å². The largest absolute Gasteiger partial charge is 0.496 e. The zero-order valence-electron chi connectivity index (χ0n) is 12.6. The molecular weight excluding hydrogens is 254 g/mol. The number of aryl methyl sites for hydroxylation is 1. The predicted molar refractivity (Wildman–Crippen MR) is 84.3 cm³/mol. The number of ether oxygens (including phenoxy) is 1. The minimum Gasteiger partial charge on any atom is -0.496 e. The first kappa shape index (κ1) is 15.8. The molecule has 1 heterocycles. The van der Waals surface area contributed by atoms with Gasteiger partial charge in [-0.2, -0.15) is 0 Å². The lowest BCUT2D eigenvalue weighted by Crippen LogP contribution is -2.19. The second kappa shape index (κ2) is 7.33. The number of nitrogens with one attached hydrogen (secondary N) is 2. The molecular formula is C15H25N3O2. The first-order chi connectivity index (χ1) is 9.67. The first-order valence-corrected chi connectivity index (χ1v) is 6.58. The van der Waals surface area contributed by atoms with Crippen LogP contribution in [0.3, 0.4) is 0 Å². The highest BCUT2D eigenvalue weighted by molar-refractivity contribution is 5.98. The van der Waals surface area contributed by atoms with Crippen molar-refractivity contribution in [2.45, 2.75) is 20.8 Å². The van der Waals surface area contributed by atoms with Crippen molar-refractivity contribution in [3.63, 3.8) is 0 Å². The molecule has 2 N–H and O–H groups in total. The van der Waals surface area contributed by atoms with Gasteiger partial charge in [0.05, 0.1) is 12.7 Å². The number of imidazole rings is 1. The number of aromatic amines is 1. The molecule has 20 heavy (non-hydrogen) atoms. The van der Waals surface area contributed by atoms with E-state index in [0.29, 0.717) is 11.3 Å². The lowest BCUT2D eigenvalue weighted by atomic mass is 10.0. The van der Waals surface area contributed by atoms with Gasteiger partial charge in [-0.05, 0) is 24.6 Å². The van der Waals surface area contributed by atoms with E-state index in [4.69, 9.17) is 4.74 Å². The SMILES string of the molecule is CC.CNC(=O)c1cc(-c2ncc[nH]2)c(C)cc1OC.[HH].[HH]. The first-order valence-electron chi connectivity index (χ1n) is 6.58. The minimum atomic E-state index is -0.181. The van der Waals surface area contributed by atoms with E-state index in [0.717, 1.165) is 17.0 Å². The van der Waals surface area contributed by atoms with E-state index in [2.05, 4.69) is 15.3 Å². The van der Waals surface area contributed by atoms with Gasteiger partial charge in [-0.1, -0.05) is 13.8 Å². The molecule has 1 amide bonds. The third-order valence-corrected chi connectivity index (χ3v) is 2.77. The third-order valence-electron chi connectivity index (χ3n) is 2.77. The molecule has 2 aromatic rings. The highest BCUT2D eigenvalue weighted by atomic mass is 16.5. The Morgan fingerprint density at radius 2 is 2.10 bits per heavy atom. The summed E-state index contributed by atoms with van der Waals surface area (Å²) >= 11 is 0. The maximum absolute atomic E-state index is 11.8. The van der Waals surface area contributed by atoms with Crippen molar-refractivity contribution < 1.29 is 12.4 Å². The minimum absolute atomic E-state index is 0. The Balaban J connectivity index is 0. The molecule has 0 fully saturated rings. The van der Waals surface area contributed by atoms with E-state index in [9.17, 15) is 4.79 Å². The van der Waals surface area contributed by atoms with Crippen LogP contribution in [0.15, 0.2) is 24.5 Å². The van der Waals surface area contributed by atoms with Crippen LogP contribution < -0.4 is 10.1 Å². The average molecular weight is 279 g/mol. The molecule has 0 spiro atoms. The van der Waals surface area contributed by atoms with E-state index in [1.165, 1.54) is 0 Å². The number of nitrogens with zero attached hydrogens (tertiary/aromatic N) is 1. The molecule has 0 saturated carbocycles. The van der Waals surface area contributed by atoms with Crippen molar-refractivity contribution >= 4 is 5.91 Å². The zero-order chi connectivity index (χ0) is 15.1. The average Bonchev–Trinajstić information content (AvgIpc) is 3.02. The molecule has 0 radical (unpaired) electrons. The van der Waals surface area contributed by atoms with Crippen LogP contribution in [-0.2, 0) is 0 Å². The lowest BCUT2D eigenvalue weighted by Gasteiger charge is -2.11. The van der Waals surface area contributed by atoms with Gasteiger partial charge in [0.1, 0.15) is 11.6 Å². The number of aromatic nitrogens is 2. The van der Waals surface area contributed by atoms with Crippen LogP contribution in [-0.4, -0.2) is 30.0 Å². The number of rotatable bonds is 3. The van der Waals surface area contributed by atoms with Crippen LogP contribution in [0.5, 0.6) is 5.75 Å². The number of carbonyl (C=O) groups excluding carboxylic acids is 1. The molecule has 0 bridgehead atoms. The molecule has 112 valence electrons. The van der Waals surface area contributed by atoms with E-state index in [-0.39, 0.29) is 8.76 Å². The molecule has 0 aliphatic heterocycles. The van der Waals surface area contributed by atoms with Crippen LogP contribution in [0.1, 0.15) is 32.6 Å². The van der Waals surface area contributed by atoms with Gasteiger partial charge in [-0.3, -0.25) is 4.79 Å². The monoisotopic (exact) mass is 279 g/mol. The zero-order valence-corrected chi connectivity index (χ0v) is 12.6. The van der Waals surface area contributed by atoms with E-state index in [1.54, 1.807) is 32.6 Å². The van der Waals surface area contributed by atoms with Crippen LogP contribution in [0.2, 0.25) is 0 Å². The molecule has 2 rings (SSSR count). The Morgan fingerprint density at radius 3 is 2.60 bits per heavy atom. The Kier molecular flexibility index (Phi) is 5.77. The second-order valence-electron chi connectivity index (χ2n) is 3.88. The molecule has 0 aliphatic rings. The van der Waals surface area contributed by atoms with Crippen LogP contribution in [0, 0.1) is 6.92 Å². The van der Waals surface area contributed by atoms with Gasteiger partial charge in [0.2, 0.25) is 0 Å². The summed E-state index contributed by atoms with van der Waals surface area (Å²) in [4.78, 5) is 19.0. The maximum Gasteiger partial charge on any atom is 0.254 e. The Hall–Kier alpha value is -2.30. The van der Waals surface area contributed by atoms with Gasteiger partial charge < -0.3 is 15.0 Å². The van der Waals surface area contributed by atoms with Crippen LogP contribution in [0.4, 0.5) is 0 Å². The van der Waals surface area contributed by atoms with Crippen molar-refractivity contribution in [3.05, 3.63) is 35.7 Å². The van der Waals surface area contributed by atoms with Gasteiger partial charge in [-0.15, -0.1) is 0 Å². The summed E-state index contributed by atoms with van der Waals surface area (Å²) in [6, 6.07) is 3.62. The summed E-state index contributed by atoms with van der Waals surface area (Å²) in [5.41, 5.74) is 2.38. The predicted octanol–water partition coefficient (Wildman–Crippen LogP) is 3.27. The van der Waals surface area contributed by atoms with E-state index < -0.39 is 0 Å². The molecule has 0 atom stereocenters. The van der Waals surface area contributed by atoms with Gasteiger partial charge in [0.15, 0.2) is 0 Å². The second-order valence-corrected chi connectivity index (χ2v) is 3.88. The van der Waals surface area contributed by atoms with Crippen molar-refractivity contribution in [3.8, 4) is 17.1 Å².